The number of aromatic nitrogens is 2. The second-order valence-corrected chi connectivity index (χ2v) is 3.92. The summed E-state index contributed by atoms with van der Waals surface area (Å²) in [6, 6.07) is 6.34. The van der Waals surface area contributed by atoms with E-state index in [1.807, 2.05) is 6.92 Å². The van der Waals surface area contributed by atoms with Crippen molar-refractivity contribution in [1.82, 2.24) is 9.97 Å². The van der Waals surface area contributed by atoms with E-state index in [4.69, 9.17) is 5.73 Å². The summed E-state index contributed by atoms with van der Waals surface area (Å²) in [5.41, 5.74) is 7.62. The fourth-order valence-electron chi connectivity index (χ4n) is 1.59. The van der Waals surface area contributed by atoms with Crippen molar-refractivity contribution in [2.75, 3.05) is 5.73 Å². The highest BCUT2D eigenvalue weighted by Gasteiger charge is 2.17. The van der Waals surface area contributed by atoms with Gasteiger partial charge in [-0.1, -0.05) is 12.1 Å². The SMILES string of the molecule is Cc1nc(-c2ccccc2[N+](=O)[O-])nc(N)c1C. The topological polar surface area (TPSA) is 94.9 Å². The van der Waals surface area contributed by atoms with Gasteiger partial charge in [-0.05, 0) is 19.9 Å². The van der Waals surface area contributed by atoms with Crippen molar-refractivity contribution in [2.24, 2.45) is 0 Å². The summed E-state index contributed by atoms with van der Waals surface area (Å²) in [7, 11) is 0. The van der Waals surface area contributed by atoms with Gasteiger partial charge in [-0.15, -0.1) is 0 Å². The lowest BCUT2D eigenvalue weighted by molar-refractivity contribution is -0.384. The van der Waals surface area contributed by atoms with E-state index < -0.39 is 4.92 Å². The zero-order valence-corrected chi connectivity index (χ0v) is 10.0. The molecule has 0 aliphatic heterocycles. The number of hydrogen-bond acceptors (Lipinski definition) is 5. The monoisotopic (exact) mass is 244 g/mol. The van der Waals surface area contributed by atoms with Crippen molar-refractivity contribution in [3.63, 3.8) is 0 Å². The summed E-state index contributed by atoms with van der Waals surface area (Å²) in [6.45, 7) is 3.61. The normalized spacial score (nSPS) is 10.3. The predicted octanol–water partition coefficient (Wildman–Crippen LogP) is 2.25. The zero-order valence-electron chi connectivity index (χ0n) is 10.0. The minimum atomic E-state index is -0.454. The van der Waals surface area contributed by atoms with Crippen molar-refractivity contribution >= 4 is 11.5 Å². The second-order valence-electron chi connectivity index (χ2n) is 3.92. The van der Waals surface area contributed by atoms with Crippen LogP contribution in [0.4, 0.5) is 11.5 Å². The van der Waals surface area contributed by atoms with Crippen LogP contribution in [0.2, 0.25) is 0 Å². The van der Waals surface area contributed by atoms with E-state index in [0.29, 0.717) is 11.4 Å². The molecule has 0 saturated heterocycles. The van der Waals surface area contributed by atoms with Crippen LogP contribution in [-0.4, -0.2) is 14.9 Å². The first-order chi connectivity index (χ1) is 8.50. The van der Waals surface area contributed by atoms with Gasteiger partial charge in [0.05, 0.1) is 10.5 Å². The highest BCUT2D eigenvalue weighted by molar-refractivity contribution is 5.69. The molecule has 2 rings (SSSR count). The van der Waals surface area contributed by atoms with Crippen LogP contribution in [-0.2, 0) is 0 Å². The molecule has 0 atom stereocenters. The number of para-hydroxylation sites is 1. The largest absolute Gasteiger partial charge is 0.383 e. The highest BCUT2D eigenvalue weighted by Crippen LogP contribution is 2.28. The Kier molecular flexibility index (Phi) is 2.93. The Hall–Kier alpha value is -2.50. The molecular weight excluding hydrogens is 232 g/mol. The molecular formula is C12H12N4O2. The first-order valence-corrected chi connectivity index (χ1v) is 5.35. The van der Waals surface area contributed by atoms with Gasteiger partial charge < -0.3 is 5.73 Å². The molecule has 6 heteroatoms. The van der Waals surface area contributed by atoms with E-state index in [0.717, 1.165) is 11.3 Å². The summed E-state index contributed by atoms with van der Waals surface area (Å²) < 4.78 is 0. The lowest BCUT2D eigenvalue weighted by atomic mass is 10.1. The third kappa shape index (κ3) is 2.00. The number of hydrogen-bond donors (Lipinski definition) is 1. The fraction of sp³-hybridized carbons (Fsp3) is 0.167. The number of rotatable bonds is 2. The first kappa shape index (κ1) is 12.0. The molecule has 1 heterocycles. The molecule has 2 aromatic rings. The van der Waals surface area contributed by atoms with Crippen molar-refractivity contribution in [1.29, 1.82) is 0 Å². The Morgan fingerprint density at radius 2 is 1.89 bits per heavy atom. The molecule has 1 aromatic carbocycles. The number of nitro benzene ring substituents is 1. The van der Waals surface area contributed by atoms with Crippen LogP contribution < -0.4 is 5.73 Å². The van der Waals surface area contributed by atoms with E-state index in [2.05, 4.69) is 9.97 Å². The average molecular weight is 244 g/mol. The van der Waals surface area contributed by atoms with Crippen LogP contribution in [0.5, 0.6) is 0 Å². The maximum atomic E-state index is 11.0. The van der Waals surface area contributed by atoms with Gasteiger partial charge in [0.25, 0.3) is 5.69 Å². The van der Waals surface area contributed by atoms with Crippen LogP contribution in [0.1, 0.15) is 11.3 Å². The van der Waals surface area contributed by atoms with Crippen LogP contribution in [0.15, 0.2) is 24.3 Å². The van der Waals surface area contributed by atoms with Gasteiger partial charge in [0, 0.05) is 17.3 Å². The van der Waals surface area contributed by atoms with Gasteiger partial charge in [0.2, 0.25) is 0 Å². The van der Waals surface area contributed by atoms with Gasteiger partial charge in [0.1, 0.15) is 5.82 Å². The van der Waals surface area contributed by atoms with Crippen LogP contribution in [0.3, 0.4) is 0 Å². The van der Waals surface area contributed by atoms with Gasteiger partial charge in [-0.25, -0.2) is 9.97 Å². The maximum absolute atomic E-state index is 11.0. The summed E-state index contributed by atoms with van der Waals surface area (Å²) in [4.78, 5) is 18.9. The van der Waals surface area contributed by atoms with Crippen molar-refractivity contribution in [3.05, 3.63) is 45.6 Å². The maximum Gasteiger partial charge on any atom is 0.280 e. The molecule has 0 spiro atoms. The molecule has 2 N–H and O–H groups in total. The molecule has 0 bridgehead atoms. The summed E-state index contributed by atoms with van der Waals surface area (Å²) in [5, 5.41) is 11.0. The second kappa shape index (κ2) is 4.40. The van der Waals surface area contributed by atoms with Crippen LogP contribution in [0, 0.1) is 24.0 Å². The number of nitro groups is 1. The van der Waals surface area contributed by atoms with Gasteiger partial charge in [-0.2, -0.15) is 0 Å². The lowest BCUT2D eigenvalue weighted by Gasteiger charge is -2.07. The Morgan fingerprint density at radius 1 is 1.22 bits per heavy atom. The average Bonchev–Trinajstić information content (AvgIpc) is 2.35. The summed E-state index contributed by atoms with van der Waals surface area (Å²) in [5.74, 6) is 0.624. The lowest BCUT2D eigenvalue weighted by Crippen LogP contribution is -2.03. The van der Waals surface area contributed by atoms with Crippen molar-refractivity contribution in [3.8, 4) is 11.4 Å². The van der Waals surface area contributed by atoms with Crippen LogP contribution >= 0.6 is 0 Å². The third-order valence-corrected chi connectivity index (χ3v) is 2.77. The minimum absolute atomic E-state index is 0.0276. The first-order valence-electron chi connectivity index (χ1n) is 5.35. The quantitative estimate of drug-likeness (QED) is 0.645. The summed E-state index contributed by atoms with van der Waals surface area (Å²) >= 11 is 0. The number of nitrogens with zero attached hydrogens (tertiary/aromatic N) is 3. The molecule has 0 aliphatic carbocycles. The van der Waals surface area contributed by atoms with Crippen molar-refractivity contribution < 1.29 is 4.92 Å². The van der Waals surface area contributed by atoms with Crippen molar-refractivity contribution in [2.45, 2.75) is 13.8 Å². The van der Waals surface area contributed by atoms with E-state index >= 15 is 0 Å². The third-order valence-electron chi connectivity index (χ3n) is 2.77. The molecule has 0 saturated carbocycles. The molecule has 0 aliphatic rings. The Balaban J connectivity index is 2.66. The number of nitrogens with two attached hydrogens (primary N) is 1. The molecule has 0 unspecified atom stereocenters. The van der Waals surface area contributed by atoms with Crippen LogP contribution in [0.25, 0.3) is 11.4 Å². The Bertz CT molecular complexity index is 602. The number of nitrogen functional groups attached to an aromatic ring is 1. The molecule has 92 valence electrons. The highest BCUT2D eigenvalue weighted by atomic mass is 16.6. The molecule has 18 heavy (non-hydrogen) atoms. The van der Waals surface area contributed by atoms with E-state index in [9.17, 15) is 10.1 Å². The molecule has 0 fully saturated rings. The predicted molar refractivity (Wildman–Crippen MR) is 68.0 cm³/mol. The van der Waals surface area contributed by atoms with E-state index in [-0.39, 0.29) is 11.5 Å². The number of aryl methyl sites for hydroxylation is 1. The van der Waals surface area contributed by atoms with Gasteiger partial charge in [-0.3, -0.25) is 10.1 Å². The smallest absolute Gasteiger partial charge is 0.280 e. The molecule has 6 nitrogen and oxygen atoms in total. The zero-order chi connectivity index (χ0) is 13.3. The van der Waals surface area contributed by atoms with Gasteiger partial charge in [0.15, 0.2) is 5.82 Å². The number of benzene rings is 1. The number of anilines is 1. The minimum Gasteiger partial charge on any atom is -0.383 e. The van der Waals surface area contributed by atoms with Gasteiger partial charge >= 0.3 is 0 Å². The Labute approximate surface area is 104 Å². The van der Waals surface area contributed by atoms with E-state index in [1.54, 1.807) is 25.1 Å². The Morgan fingerprint density at radius 3 is 2.50 bits per heavy atom. The summed E-state index contributed by atoms with van der Waals surface area (Å²) in [6.07, 6.45) is 0. The standard InChI is InChI=1S/C12H12N4O2/c1-7-8(2)14-12(15-11(7)13)9-5-3-4-6-10(9)16(17)18/h3-6H,1-2H3,(H2,13,14,15). The van der Waals surface area contributed by atoms with E-state index in [1.165, 1.54) is 6.07 Å². The molecule has 0 radical (unpaired) electrons. The fourth-order valence-corrected chi connectivity index (χ4v) is 1.59. The molecule has 1 aromatic heterocycles. The molecule has 0 amide bonds.